The number of amides is 1. The Hall–Kier alpha value is -2.58. The predicted molar refractivity (Wildman–Crippen MR) is 116 cm³/mol. The molecule has 30 heavy (non-hydrogen) atoms. The summed E-state index contributed by atoms with van der Waals surface area (Å²) in [6.45, 7) is 2.31. The Morgan fingerprint density at radius 2 is 1.87 bits per heavy atom. The number of carbonyl (C=O) groups is 1. The van der Waals surface area contributed by atoms with E-state index in [9.17, 15) is 9.18 Å². The van der Waals surface area contributed by atoms with Crippen molar-refractivity contribution >= 4 is 11.7 Å². The van der Waals surface area contributed by atoms with Crippen LogP contribution < -0.4 is 10.6 Å². The van der Waals surface area contributed by atoms with E-state index in [1.807, 2.05) is 32.1 Å². The Morgan fingerprint density at radius 3 is 2.47 bits per heavy atom. The summed E-state index contributed by atoms with van der Waals surface area (Å²) >= 11 is 0. The topological polar surface area (TPSA) is 73.4 Å². The molecule has 3 rings (SSSR count). The highest BCUT2D eigenvalue weighted by Gasteiger charge is 2.27. The van der Waals surface area contributed by atoms with Gasteiger partial charge in [-0.1, -0.05) is 12.1 Å². The van der Waals surface area contributed by atoms with Crippen molar-refractivity contribution in [3.63, 3.8) is 0 Å². The van der Waals surface area contributed by atoms with Gasteiger partial charge in [0.1, 0.15) is 23.5 Å². The molecule has 1 saturated heterocycles. The molecular weight excluding hydrogens is 383 g/mol. The molecule has 0 saturated carbocycles. The molecule has 1 amide bonds. The molecule has 0 unspecified atom stereocenters. The standard InChI is InChI=1S/C22H31FN6O/c1-24-19-13-18(26-21(27-19)16-9-11-25-12-10-16)14-29(4)22(30)20(28(2)3)15-5-7-17(23)8-6-15/h5-8,13,16,20,25H,9-12,14H2,1-4H3,(H,24,26,27)/t20-/m1/s1. The SMILES string of the molecule is CNc1cc(CN(C)C(=O)[C@@H](c2ccc(F)cc2)N(C)C)nc(C2CCNCC2)n1. The molecule has 0 spiro atoms. The second-order valence-electron chi connectivity index (χ2n) is 7.99. The quantitative estimate of drug-likeness (QED) is 0.725. The van der Waals surface area contributed by atoms with E-state index in [0.717, 1.165) is 48.8 Å². The van der Waals surface area contributed by atoms with Crippen molar-refractivity contribution in [3.8, 4) is 0 Å². The van der Waals surface area contributed by atoms with Gasteiger partial charge in [-0.05, 0) is 57.7 Å². The third kappa shape index (κ3) is 5.31. The molecule has 1 aliphatic heterocycles. The lowest BCUT2D eigenvalue weighted by Crippen LogP contribution is -2.38. The van der Waals surface area contributed by atoms with E-state index >= 15 is 0 Å². The summed E-state index contributed by atoms with van der Waals surface area (Å²) in [5, 5.41) is 6.47. The van der Waals surface area contributed by atoms with Gasteiger partial charge >= 0.3 is 0 Å². The fourth-order valence-corrected chi connectivity index (χ4v) is 3.83. The van der Waals surface area contributed by atoms with Gasteiger partial charge in [-0.3, -0.25) is 9.69 Å². The Balaban J connectivity index is 1.80. The van der Waals surface area contributed by atoms with E-state index in [1.54, 1.807) is 24.1 Å². The van der Waals surface area contributed by atoms with E-state index in [2.05, 4.69) is 15.6 Å². The summed E-state index contributed by atoms with van der Waals surface area (Å²) in [7, 11) is 7.30. The minimum atomic E-state index is -0.495. The maximum Gasteiger partial charge on any atom is 0.244 e. The van der Waals surface area contributed by atoms with Gasteiger partial charge in [-0.25, -0.2) is 14.4 Å². The number of aromatic nitrogens is 2. The molecule has 1 aliphatic rings. The number of likely N-dealkylation sites (N-methyl/N-ethyl adjacent to an activating group) is 2. The molecule has 1 atom stereocenters. The summed E-state index contributed by atoms with van der Waals surface area (Å²) in [4.78, 5) is 26.2. The van der Waals surface area contributed by atoms with Crippen molar-refractivity contribution in [2.75, 3.05) is 46.6 Å². The number of hydrogen-bond acceptors (Lipinski definition) is 6. The van der Waals surface area contributed by atoms with E-state index in [1.165, 1.54) is 12.1 Å². The number of anilines is 1. The van der Waals surface area contributed by atoms with E-state index in [0.29, 0.717) is 12.5 Å². The minimum absolute atomic E-state index is 0.0698. The summed E-state index contributed by atoms with van der Waals surface area (Å²) in [6.07, 6.45) is 2.02. The highest BCUT2D eigenvalue weighted by atomic mass is 19.1. The smallest absolute Gasteiger partial charge is 0.244 e. The van der Waals surface area contributed by atoms with Crippen LogP contribution in [-0.2, 0) is 11.3 Å². The van der Waals surface area contributed by atoms with Crippen molar-refractivity contribution in [1.29, 1.82) is 0 Å². The fourth-order valence-electron chi connectivity index (χ4n) is 3.83. The molecule has 0 aliphatic carbocycles. The normalized spacial score (nSPS) is 15.8. The van der Waals surface area contributed by atoms with Gasteiger partial charge in [-0.15, -0.1) is 0 Å². The monoisotopic (exact) mass is 414 g/mol. The summed E-state index contributed by atoms with van der Waals surface area (Å²) in [6, 6.07) is 7.47. The molecule has 8 heteroatoms. The van der Waals surface area contributed by atoms with Crippen molar-refractivity contribution < 1.29 is 9.18 Å². The molecule has 2 N–H and O–H groups in total. The van der Waals surface area contributed by atoms with Crippen LogP contribution >= 0.6 is 0 Å². The third-order valence-corrected chi connectivity index (χ3v) is 5.47. The van der Waals surface area contributed by atoms with Gasteiger partial charge in [0, 0.05) is 26.1 Å². The van der Waals surface area contributed by atoms with Crippen LogP contribution in [-0.4, -0.2) is 67.0 Å². The van der Waals surface area contributed by atoms with E-state index in [4.69, 9.17) is 4.98 Å². The van der Waals surface area contributed by atoms with Crippen LogP contribution in [0.15, 0.2) is 30.3 Å². The molecule has 162 valence electrons. The van der Waals surface area contributed by atoms with Gasteiger partial charge < -0.3 is 15.5 Å². The fraction of sp³-hybridized carbons (Fsp3) is 0.500. The first-order valence-corrected chi connectivity index (χ1v) is 10.3. The molecule has 0 radical (unpaired) electrons. The maximum atomic E-state index is 13.3. The lowest BCUT2D eigenvalue weighted by molar-refractivity contribution is -0.135. The predicted octanol–water partition coefficient (Wildman–Crippen LogP) is 2.39. The number of carbonyl (C=O) groups excluding carboxylic acids is 1. The number of piperidine rings is 1. The van der Waals surface area contributed by atoms with E-state index < -0.39 is 6.04 Å². The van der Waals surface area contributed by atoms with Crippen molar-refractivity contribution in [3.05, 3.63) is 53.2 Å². The highest BCUT2D eigenvalue weighted by Crippen LogP contribution is 2.25. The molecule has 0 bridgehead atoms. The van der Waals surface area contributed by atoms with Crippen LogP contribution in [0.1, 0.15) is 41.9 Å². The number of rotatable bonds is 7. The van der Waals surface area contributed by atoms with Crippen LogP contribution in [0.2, 0.25) is 0 Å². The molecule has 2 heterocycles. The third-order valence-electron chi connectivity index (χ3n) is 5.47. The first kappa shape index (κ1) is 22.1. The zero-order valence-corrected chi connectivity index (χ0v) is 18.2. The molecule has 7 nitrogen and oxygen atoms in total. The zero-order chi connectivity index (χ0) is 21.7. The Kier molecular flexibility index (Phi) is 7.33. The van der Waals surface area contributed by atoms with Crippen LogP contribution in [0, 0.1) is 5.82 Å². The van der Waals surface area contributed by atoms with Crippen LogP contribution in [0.5, 0.6) is 0 Å². The van der Waals surface area contributed by atoms with Crippen molar-refractivity contribution in [1.82, 2.24) is 25.1 Å². The second-order valence-corrected chi connectivity index (χ2v) is 7.99. The summed E-state index contributed by atoms with van der Waals surface area (Å²) < 4.78 is 13.3. The molecule has 1 aromatic carbocycles. The average molecular weight is 415 g/mol. The van der Waals surface area contributed by atoms with Crippen LogP contribution in [0.25, 0.3) is 0 Å². The number of hydrogen-bond donors (Lipinski definition) is 2. The Bertz CT molecular complexity index is 851. The number of halogens is 1. The number of nitrogens with zero attached hydrogens (tertiary/aromatic N) is 4. The van der Waals surface area contributed by atoms with Gasteiger partial charge in [0.05, 0.1) is 12.2 Å². The maximum absolute atomic E-state index is 13.3. The number of benzene rings is 1. The second kappa shape index (κ2) is 9.95. The molecule has 1 aromatic heterocycles. The molecule has 1 fully saturated rings. The summed E-state index contributed by atoms with van der Waals surface area (Å²) in [5.74, 6) is 1.54. The number of nitrogens with one attached hydrogen (secondary N) is 2. The lowest BCUT2D eigenvalue weighted by Gasteiger charge is -2.29. The minimum Gasteiger partial charge on any atom is -0.373 e. The van der Waals surface area contributed by atoms with E-state index in [-0.39, 0.29) is 11.7 Å². The van der Waals surface area contributed by atoms with Crippen LogP contribution in [0.4, 0.5) is 10.2 Å². The first-order chi connectivity index (χ1) is 14.4. The average Bonchev–Trinajstić information content (AvgIpc) is 2.75. The molecular formula is C22H31FN6O. The largest absolute Gasteiger partial charge is 0.373 e. The van der Waals surface area contributed by atoms with Gasteiger partial charge in [0.15, 0.2) is 0 Å². The van der Waals surface area contributed by atoms with Gasteiger partial charge in [0.2, 0.25) is 5.91 Å². The van der Waals surface area contributed by atoms with Gasteiger partial charge in [0.25, 0.3) is 0 Å². The Labute approximate surface area is 177 Å². The zero-order valence-electron chi connectivity index (χ0n) is 18.2. The van der Waals surface area contributed by atoms with Crippen LogP contribution in [0.3, 0.4) is 0 Å². The summed E-state index contributed by atoms with van der Waals surface area (Å²) in [5.41, 5.74) is 1.56. The van der Waals surface area contributed by atoms with Gasteiger partial charge in [-0.2, -0.15) is 0 Å². The highest BCUT2D eigenvalue weighted by molar-refractivity contribution is 5.83. The first-order valence-electron chi connectivity index (χ1n) is 10.3. The lowest BCUT2D eigenvalue weighted by atomic mass is 9.97. The Morgan fingerprint density at radius 1 is 1.20 bits per heavy atom. The van der Waals surface area contributed by atoms with Crippen molar-refractivity contribution in [2.24, 2.45) is 0 Å². The molecule has 2 aromatic rings. The van der Waals surface area contributed by atoms with Crippen molar-refractivity contribution in [2.45, 2.75) is 31.3 Å².